The first-order valence-corrected chi connectivity index (χ1v) is 21.7. The van der Waals surface area contributed by atoms with Crippen LogP contribution in [0.5, 0.6) is 0 Å². The minimum atomic E-state index is -1.96. The van der Waals surface area contributed by atoms with Crippen LogP contribution in [-0.4, -0.2) is 122 Å². The van der Waals surface area contributed by atoms with Crippen molar-refractivity contribution in [2.75, 3.05) is 6.61 Å². The second-order valence-corrected chi connectivity index (χ2v) is 18.9. The summed E-state index contributed by atoms with van der Waals surface area (Å²) in [4.78, 5) is 11.6. The van der Waals surface area contributed by atoms with E-state index in [-0.39, 0.29) is 36.6 Å². The first-order chi connectivity index (χ1) is 26.9. The fraction of sp³-hybridized carbons (Fsp3) is 0.841. The lowest BCUT2D eigenvalue weighted by atomic mass is 9.79. The fourth-order valence-corrected chi connectivity index (χ4v) is 10.5. The third kappa shape index (κ3) is 9.15. The Labute approximate surface area is 337 Å². The lowest BCUT2D eigenvalue weighted by Gasteiger charge is -2.50. The molecule has 17 atom stereocenters. The Kier molecular flexibility index (Phi) is 12.9. The van der Waals surface area contributed by atoms with Crippen molar-refractivity contribution in [1.29, 1.82) is 0 Å². The standard InChI is InChI=1S/C44H68O13/c1-25-21-34(55-44(23-25)35(46)12-11-31(54-44)24-41(6,50)40(48)49)26(2)9-10-30-14-18-43(53-30)19-15-33-39(57-43)36(47)29(5)38(52-33)32(45)22-28(4)37-27(3)13-17-42(56-37)16-7-8-20-51-42/h9-10,23,26-28,30-39,45-47,50H,5,7-8,11-22,24H2,1-4,6H3,(H,48,49)/b10-9+/t26-,27-,28+,30+,31-,32+,33-,34-,35-,36-,37+,38-,39-,41-,42+,43+,44-/m1/s1. The minimum Gasteiger partial charge on any atom is -0.479 e. The lowest BCUT2D eigenvalue weighted by molar-refractivity contribution is -0.321. The summed E-state index contributed by atoms with van der Waals surface area (Å²) in [7, 11) is 0. The van der Waals surface area contributed by atoms with Crippen LogP contribution in [0.2, 0.25) is 0 Å². The average molecular weight is 805 g/mol. The van der Waals surface area contributed by atoms with Gasteiger partial charge in [-0.3, -0.25) is 0 Å². The third-order valence-corrected chi connectivity index (χ3v) is 14.0. The van der Waals surface area contributed by atoms with Crippen molar-refractivity contribution in [2.24, 2.45) is 17.8 Å². The number of carboxylic acid groups (broad SMARTS) is 1. The van der Waals surface area contributed by atoms with Crippen LogP contribution in [0.15, 0.2) is 36.0 Å². The summed E-state index contributed by atoms with van der Waals surface area (Å²) in [5.41, 5.74) is -0.551. The molecule has 0 bridgehead atoms. The molecule has 0 aromatic heterocycles. The maximum Gasteiger partial charge on any atom is 0.335 e. The summed E-state index contributed by atoms with van der Waals surface area (Å²) in [6.07, 6.45) is 9.37. The first-order valence-electron chi connectivity index (χ1n) is 21.7. The minimum absolute atomic E-state index is 0.0423. The highest BCUT2D eigenvalue weighted by Crippen LogP contribution is 2.47. The molecular weight excluding hydrogens is 736 g/mol. The maximum atomic E-state index is 11.6. The Morgan fingerprint density at radius 3 is 2.49 bits per heavy atom. The van der Waals surface area contributed by atoms with E-state index >= 15 is 0 Å². The number of hydrogen-bond donors (Lipinski definition) is 5. The molecule has 0 radical (unpaired) electrons. The van der Waals surface area contributed by atoms with Crippen LogP contribution in [0.4, 0.5) is 0 Å². The van der Waals surface area contributed by atoms with Gasteiger partial charge in [-0.2, -0.15) is 0 Å². The van der Waals surface area contributed by atoms with Gasteiger partial charge in [0, 0.05) is 38.0 Å². The van der Waals surface area contributed by atoms with Crippen molar-refractivity contribution in [3.05, 3.63) is 36.0 Å². The molecular formula is C44H68O13. The van der Waals surface area contributed by atoms with Gasteiger partial charge in [-0.05, 0) is 95.1 Å². The second kappa shape index (κ2) is 17.0. The summed E-state index contributed by atoms with van der Waals surface area (Å²) in [5.74, 6) is -3.82. The van der Waals surface area contributed by atoms with Gasteiger partial charge in [-0.15, -0.1) is 0 Å². The molecule has 0 saturated carbocycles. The van der Waals surface area contributed by atoms with E-state index in [4.69, 9.17) is 33.2 Å². The summed E-state index contributed by atoms with van der Waals surface area (Å²) < 4.78 is 45.2. The van der Waals surface area contributed by atoms with Crippen LogP contribution in [0.1, 0.15) is 125 Å². The van der Waals surface area contributed by atoms with E-state index in [1.54, 1.807) is 6.08 Å². The Bertz CT molecular complexity index is 1510. The molecule has 7 rings (SSSR count). The number of carboxylic acids is 1. The van der Waals surface area contributed by atoms with Crippen LogP contribution in [-0.2, 0) is 38.0 Å². The zero-order chi connectivity index (χ0) is 40.9. The topological polar surface area (TPSA) is 183 Å². The van der Waals surface area contributed by atoms with Crippen molar-refractivity contribution >= 4 is 5.97 Å². The molecule has 0 amide bonds. The number of rotatable bonds is 10. The van der Waals surface area contributed by atoms with E-state index < -0.39 is 71.7 Å². The van der Waals surface area contributed by atoms with Gasteiger partial charge in [0.05, 0.1) is 43.2 Å². The Hall–Kier alpha value is -1.75. The molecule has 57 heavy (non-hydrogen) atoms. The summed E-state index contributed by atoms with van der Waals surface area (Å²) in [6.45, 7) is 14.5. The SMILES string of the molecule is C=C1[C@@H](O)[C@@H]2O[C@@]3(CC[C@H](/C=C/[C@@H](C)[C@H]4CC(C)=C[C@@]5(O[C@@H](C[C@@](C)(O)C(=O)O)CC[C@H]5O)O4)O3)CC[C@H]2O[C@H]1[C@@H](O)C[C@H](C)[C@H]1O[C@@]2(CCCCO2)CC[C@H]1C. The molecule has 0 unspecified atom stereocenters. The third-order valence-electron chi connectivity index (χ3n) is 14.0. The van der Waals surface area contributed by atoms with Gasteiger partial charge in [0.1, 0.15) is 24.4 Å². The molecule has 6 saturated heterocycles. The quantitative estimate of drug-likeness (QED) is 0.182. The maximum absolute atomic E-state index is 11.6. The normalized spacial score (nSPS) is 45.4. The van der Waals surface area contributed by atoms with Gasteiger partial charge in [0.25, 0.3) is 0 Å². The van der Waals surface area contributed by atoms with E-state index in [0.717, 1.165) is 50.7 Å². The van der Waals surface area contributed by atoms with Gasteiger partial charge in [0.2, 0.25) is 5.79 Å². The molecule has 0 aromatic rings. The number of hydrogen-bond acceptors (Lipinski definition) is 12. The van der Waals surface area contributed by atoms with Crippen LogP contribution < -0.4 is 0 Å². The van der Waals surface area contributed by atoms with Crippen LogP contribution in [0, 0.1) is 17.8 Å². The first kappa shape index (κ1) is 43.3. The number of aliphatic hydroxyl groups is 4. The number of aliphatic carboxylic acids is 1. The second-order valence-electron chi connectivity index (χ2n) is 18.9. The predicted molar refractivity (Wildman–Crippen MR) is 208 cm³/mol. The molecule has 3 spiro atoms. The Balaban J connectivity index is 0.920. The van der Waals surface area contributed by atoms with E-state index in [0.29, 0.717) is 56.4 Å². The van der Waals surface area contributed by atoms with E-state index in [9.17, 15) is 30.3 Å². The fourth-order valence-electron chi connectivity index (χ4n) is 10.5. The van der Waals surface area contributed by atoms with Crippen molar-refractivity contribution < 1.29 is 63.5 Å². The highest BCUT2D eigenvalue weighted by atomic mass is 16.7. The molecule has 0 aromatic carbocycles. The van der Waals surface area contributed by atoms with Crippen LogP contribution >= 0.6 is 0 Å². The Morgan fingerprint density at radius 2 is 1.75 bits per heavy atom. The van der Waals surface area contributed by atoms with Gasteiger partial charge < -0.3 is 58.7 Å². The van der Waals surface area contributed by atoms with Crippen molar-refractivity contribution in [3.8, 4) is 0 Å². The Morgan fingerprint density at radius 1 is 1.00 bits per heavy atom. The largest absolute Gasteiger partial charge is 0.479 e. The summed E-state index contributed by atoms with van der Waals surface area (Å²) in [5, 5.41) is 54.0. The van der Waals surface area contributed by atoms with Crippen molar-refractivity contribution in [3.63, 3.8) is 0 Å². The highest BCUT2D eigenvalue weighted by Gasteiger charge is 2.55. The number of fused-ring (bicyclic) bond motifs is 1. The van der Waals surface area contributed by atoms with Crippen molar-refractivity contribution in [2.45, 2.75) is 209 Å². The average Bonchev–Trinajstić information content (AvgIpc) is 3.56. The van der Waals surface area contributed by atoms with E-state index in [1.165, 1.54) is 6.92 Å². The van der Waals surface area contributed by atoms with Gasteiger partial charge in [-0.1, -0.05) is 45.1 Å². The molecule has 7 aliphatic rings. The van der Waals surface area contributed by atoms with Gasteiger partial charge in [-0.25, -0.2) is 4.79 Å². The van der Waals surface area contributed by atoms with E-state index in [2.05, 4.69) is 26.5 Å². The van der Waals surface area contributed by atoms with Crippen molar-refractivity contribution in [1.82, 2.24) is 0 Å². The number of carbonyl (C=O) groups is 1. The summed E-state index contributed by atoms with van der Waals surface area (Å²) >= 11 is 0. The highest BCUT2D eigenvalue weighted by molar-refractivity contribution is 5.76. The van der Waals surface area contributed by atoms with Crippen LogP contribution in [0.3, 0.4) is 0 Å². The molecule has 7 aliphatic heterocycles. The zero-order valence-electron chi connectivity index (χ0n) is 34.6. The lowest BCUT2D eigenvalue weighted by Crippen LogP contribution is -2.60. The number of ether oxygens (including phenoxy) is 7. The molecule has 7 heterocycles. The van der Waals surface area contributed by atoms with Gasteiger partial charge in [0.15, 0.2) is 17.2 Å². The number of aliphatic hydroxyl groups excluding tert-OH is 3. The molecule has 6 fully saturated rings. The molecule has 322 valence electrons. The smallest absolute Gasteiger partial charge is 0.335 e. The predicted octanol–water partition coefficient (Wildman–Crippen LogP) is 5.21. The van der Waals surface area contributed by atoms with Gasteiger partial charge >= 0.3 is 5.97 Å². The zero-order valence-corrected chi connectivity index (χ0v) is 34.6. The monoisotopic (exact) mass is 804 g/mol. The molecule has 0 aliphatic carbocycles. The van der Waals surface area contributed by atoms with Crippen LogP contribution in [0.25, 0.3) is 0 Å². The molecule has 5 N–H and O–H groups in total. The summed E-state index contributed by atoms with van der Waals surface area (Å²) in [6, 6.07) is 0. The van der Waals surface area contributed by atoms with E-state index in [1.807, 2.05) is 19.9 Å². The molecule has 13 nitrogen and oxygen atoms in total. The molecule has 13 heteroatoms.